The molecule has 0 aliphatic heterocycles. The van der Waals surface area contributed by atoms with Crippen LogP contribution in [0.4, 0.5) is 0 Å². The van der Waals surface area contributed by atoms with Gasteiger partial charge in [0.2, 0.25) is 0 Å². The average molecular weight is 490 g/mol. The van der Waals surface area contributed by atoms with Crippen LogP contribution in [0.2, 0.25) is 0 Å². The van der Waals surface area contributed by atoms with E-state index in [-0.39, 0.29) is 0 Å². The van der Waals surface area contributed by atoms with Crippen molar-refractivity contribution in [2.24, 2.45) is 0 Å². The molecule has 1 aromatic heterocycles. The number of hydrogen-bond donors (Lipinski definition) is 1. The zero-order valence-corrected chi connectivity index (χ0v) is 24.7. The Balaban J connectivity index is 2.38. The highest BCUT2D eigenvalue weighted by Crippen LogP contribution is 2.27. The van der Waals surface area contributed by atoms with Crippen LogP contribution in [0.15, 0.2) is 12.4 Å². The Morgan fingerprint density at radius 2 is 0.914 bits per heavy atom. The van der Waals surface area contributed by atoms with Crippen LogP contribution in [-0.2, 0) is 0 Å². The summed E-state index contributed by atoms with van der Waals surface area (Å²) in [5.74, 6) is 2.24. The fraction of sp³-hybridized carbons (Fsp3) is 0.909. The molecule has 0 spiro atoms. The summed E-state index contributed by atoms with van der Waals surface area (Å²) >= 11 is 0. The number of aromatic nitrogens is 2. The van der Waals surface area contributed by atoms with E-state index in [2.05, 4.69) is 49.6 Å². The van der Waals surface area contributed by atoms with Crippen molar-refractivity contribution in [3.8, 4) is 0 Å². The van der Waals surface area contributed by atoms with Crippen LogP contribution in [0.3, 0.4) is 0 Å². The average Bonchev–Trinajstić information content (AvgIpc) is 3.35. The van der Waals surface area contributed by atoms with Crippen LogP contribution in [0.5, 0.6) is 0 Å². The molecule has 2 nitrogen and oxygen atoms in total. The van der Waals surface area contributed by atoms with Gasteiger partial charge >= 0.3 is 0 Å². The molecule has 0 fully saturated rings. The highest BCUT2D eigenvalue weighted by atomic mass is 15.1. The van der Waals surface area contributed by atoms with Gasteiger partial charge in [-0.05, 0) is 32.6 Å². The normalized spacial score (nSPS) is 12.6. The number of imidazole rings is 1. The topological polar surface area (TPSA) is 19.7 Å². The molecule has 2 heteroatoms. The number of hydrogen-bond acceptors (Lipinski definition) is 0. The van der Waals surface area contributed by atoms with Crippen LogP contribution in [-0.4, -0.2) is 4.98 Å². The van der Waals surface area contributed by atoms with E-state index in [0.29, 0.717) is 12.0 Å². The third-order valence-electron chi connectivity index (χ3n) is 8.14. The van der Waals surface area contributed by atoms with Gasteiger partial charge in [0, 0.05) is 0 Å². The van der Waals surface area contributed by atoms with Gasteiger partial charge in [0.25, 0.3) is 5.82 Å². The number of nitrogens with one attached hydrogen (secondary N) is 1. The molecule has 1 aromatic rings. The molecule has 0 amide bonds. The van der Waals surface area contributed by atoms with Crippen LogP contribution in [0, 0.1) is 0 Å². The maximum absolute atomic E-state index is 3.70. The molecule has 206 valence electrons. The molecule has 0 saturated heterocycles. The molecule has 0 aromatic carbocycles. The Hall–Kier alpha value is -0.790. The second kappa shape index (κ2) is 23.6. The van der Waals surface area contributed by atoms with Gasteiger partial charge in [0.05, 0.1) is 12.0 Å². The molecule has 1 heterocycles. The van der Waals surface area contributed by atoms with Crippen LogP contribution in [0.25, 0.3) is 0 Å². The second-order valence-electron chi connectivity index (χ2n) is 11.5. The first-order chi connectivity index (χ1) is 17.2. The third kappa shape index (κ3) is 16.6. The maximum atomic E-state index is 3.70. The van der Waals surface area contributed by atoms with E-state index in [1.54, 1.807) is 0 Å². The summed E-state index contributed by atoms with van der Waals surface area (Å²) in [5.41, 5.74) is 0. The third-order valence-corrected chi connectivity index (χ3v) is 8.14. The molecule has 0 saturated carbocycles. The first kappa shape index (κ1) is 32.2. The lowest BCUT2D eigenvalue weighted by molar-refractivity contribution is -0.727. The highest BCUT2D eigenvalue weighted by Gasteiger charge is 2.25. The first-order valence-electron chi connectivity index (χ1n) is 16.3. The number of aromatic amines is 1. The van der Waals surface area contributed by atoms with Crippen molar-refractivity contribution in [3.05, 3.63) is 18.2 Å². The summed E-state index contributed by atoms with van der Waals surface area (Å²) in [5, 5.41) is 0. The predicted molar refractivity (Wildman–Crippen MR) is 156 cm³/mol. The first-order valence-corrected chi connectivity index (χ1v) is 16.3. The largest absolute Gasteiger partial charge is 0.257 e. The van der Waals surface area contributed by atoms with Crippen molar-refractivity contribution in [1.82, 2.24) is 4.98 Å². The fourth-order valence-corrected chi connectivity index (χ4v) is 5.72. The van der Waals surface area contributed by atoms with E-state index in [1.165, 1.54) is 160 Å². The summed E-state index contributed by atoms with van der Waals surface area (Å²) in [6.45, 7) is 9.39. The summed E-state index contributed by atoms with van der Waals surface area (Å²) in [6.07, 6.45) is 38.3. The summed E-state index contributed by atoms with van der Waals surface area (Å²) < 4.78 is 2.61. The second-order valence-corrected chi connectivity index (χ2v) is 11.5. The van der Waals surface area contributed by atoms with Gasteiger partial charge < -0.3 is 0 Å². The molecule has 0 aliphatic rings. The zero-order chi connectivity index (χ0) is 25.4. The molecule has 35 heavy (non-hydrogen) atoms. The van der Waals surface area contributed by atoms with E-state index in [4.69, 9.17) is 0 Å². The smallest absolute Gasteiger partial charge is 0.247 e. The lowest BCUT2D eigenvalue weighted by atomic mass is 9.93. The van der Waals surface area contributed by atoms with Gasteiger partial charge in [-0.2, -0.15) is 0 Å². The minimum absolute atomic E-state index is 0.623. The van der Waals surface area contributed by atoms with Crippen LogP contribution < -0.4 is 4.57 Å². The van der Waals surface area contributed by atoms with Gasteiger partial charge in [-0.3, -0.25) is 0 Å². The molecule has 0 radical (unpaired) electrons. The van der Waals surface area contributed by atoms with E-state index in [0.717, 1.165) is 0 Å². The van der Waals surface area contributed by atoms with Crippen molar-refractivity contribution >= 4 is 0 Å². The Bertz CT molecular complexity index is 535. The van der Waals surface area contributed by atoms with Gasteiger partial charge in [-0.25, -0.2) is 9.55 Å². The minimum atomic E-state index is 0.623. The lowest BCUT2D eigenvalue weighted by Crippen LogP contribution is -2.41. The van der Waals surface area contributed by atoms with Gasteiger partial charge in [0.1, 0.15) is 12.4 Å². The van der Waals surface area contributed by atoms with E-state index < -0.39 is 0 Å². The van der Waals surface area contributed by atoms with Gasteiger partial charge in [-0.1, -0.05) is 149 Å². The molecular formula is C33H65N2+. The molecule has 0 aliphatic carbocycles. The standard InChI is InChI=1S/C33H64N2/c1-5-8-11-14-15-16-17-18-19-22-23-26-31(4)35-30-29-34-33(35)32(27-24-20-12-9-6-2)28-25-21-13-10-7-3/h29-32H,5-28H2,1-4H3/p+1. The molecule has 1 N–H and O–H groups in total. The predicted octanol–water partition coefficient (Wildman–Crippen LogP) is 11.4. The number of unbranched alkanes of at least 4 members (excludes halogenated alkanes) is 18. The minimum Gasteiger partial charge on any atom is -0.247 e. The number of rotatable bonds is 26. The van der Waals surface area contributed by atoms with Crippen molar-refractivity contribution < 1.29 is 4.57 Å². The van der Waals surface area contributed by atoms with E-state index in [1.807, 2.05) is 0 Å². The highest BCUT2D eigenvalue weighted by molar-refractivity contribution is 4.90. The Morgan fingerprint density at radius 3 is 1.34 bits per heavy atom. The zero-order valence-electron chi connectivity index (χ0n) is 24.7. The van der Waals surface area contributed by atoms with Gasteiger partial charge in [-0.15, -0.1) is 0 Å². The number of nitrogens with zero attached hydrogens (tertiary/aromatic N) is 1. The van der Waals surface area contributed by atoms with Crippen molar-refractivity contribution in [2.45, 2.75) is 194 Å². The SMILES string of the molecule is CCCCCCCCCCCCCC(C)[n+]1cc[nH]c1C(CCCCCCC)CCCCCCC. The van der Waals surface area contributed by atoms with Crippen LogP contribution in [0.1, 0.15) is 200 Å². The van der Waals surface area contributed by atoms with E-state index >= 15 is 0 Å². The monoisotopic (exact) mass is 490 g/mol. The maximum Gasteiger partial charge on any atom is 0.257 e. The van der Waals surface area contributed by atoms with Crippen LogP contribution >= 0.6 is 0 Å². The molecular weight excluding hydrogens is 424 g/mol. The molecule has 1 unspecified atom stereocenters. The van der Waals surface area contributed by atoms with Gasteiger partial charge in [0.15, 0.2) is 0 Å². The summed E-state index contributed by atoms with van der Waals surface area (Å²) in [4.78, 5) is 3.70. The Kier molecular flexibility index (Phi) is 21.7. The van der Waals surface area contributed by atoms with Crippen molar-refractivity contribution in [2.75, 3.05) is 0 Å². The van der Waals surface area contributed by atoms with Crippen molar-refractivity contribution in [1.29, 1.82) is 0 Å². The summed E-state index contributed by atoms with van der Waals surface area (Å²) in [7, 11) is 0. The van der Waals surface area contributed by atoms with E-state index in [9.17, 15) is 0 Å². The summed E-state index contributed by atoms with van der Waals surface area (Å²) in [6, 6.07) is 0.623. The quantitative estimate of drug-likeness (QED) is 0.0985. The molecule has 1 atom stereocenters. The molecule has 1 rings (SSSR count). The Labute approximate surface area is 221 Å². The fourth-order valence-electron chi connectivity index (χ4n) is 5.72. The van der Waals surface area contributed by atoms with Crippen molar-refractivity contribution in [3.63, 3.8) is 0 Å². The number of H-pyrrole nitrogens is 1. The molecule has 0 bridgehead atoms. The lowest BCUT2D eigenvalue weighted by Gasteiger charge is -2.17. The Morgan fingerprint density at radius 1 is 0.543 bits per heavy atom.